The molecule has 0 saturated heterocycles. The summed E-state index contributed by atoms with van der Waals surface area (Å²) in [6.07, 6.45) is 2.26. The minimum absolute atomic E-state index is 0.0962. The molecule has 1 aromatic carbocycles. The smallest absolute Gasteiger partial charge is 0.240 e. The summed E-state index contributed by atoms with van der Waals surface area (Å²) in [4.78, 5) is 11.7. The average molecular weight is 282 g/mol. The van der Waals surface area contributed by atoms with Crippen LogP contribution in [0.25, 0.3) is 0 Å². The van der Waals surface area contributed by atoms with E-state index in [9.17, 15) is 9.18 Å². The molecule has 1 aliphatic carbocycles. The van der Waals surface area contributed by atoms with Crippen LogP contribution in [0.15, 0.2) is 18.2 Å². The topological polar surface area (TPSA) is 64.9 Å². The first-order valence-electron chi connectivity index (χ1n) is 5.96. The van der Waals surface area contributed by atoms with Crippen molar-refractivity contribution in [2.45, 2.75) is 24.8 Å². The summed E-state index contributed by atoms with van der Waals surface area (Å²) in [6.45, 7) is -0.121. The fourth-order valence-corrected chi connectivity index (χ4v) is 2.17. The molecule has 19 heavy (non-hydrogen) atoms. The molecule has 6 heteroatoms. The Bertz CT molecular complexity index is 517. The van der Waals surface area contributed by atoms with Crippen LogP contribution < -0.4 is 10.6 Å². The maximum atomic E-state index is 13.5. The minimum Gasteiger partial charge on any atom is -0.373 e. The van der Waals surface area contributed by atoms with E-state index in [0.29, 0.717) is 12.8 Å². The number of nitrogens with one attached hydrogen (secondary N) is 2. The molecule has 1 amide bonds. The molecule has 0 aromatic heterocycles. The molecule has 1 aromatic rings. The van der Waals surface area contributed by atoms with Crippen molar-refractivity contribution in [1.82, 2.24) is 5.32 Å². The van der Waals surface area contributed by atoms with Crippen LogP contribution in [0.5, 0.6) is 0 Å². The summed E-state index contributed by atoms with van der Waals surface area (Å²) in [5.41, 5.74) is -0.642. The maximum Gasteiger partial charge on any atom is 0.240 e. The summed E-state index contributed by atoms with van der Waals surface area (Å²) >= 11 is 5.83. The van der Waals surface area contributed by atoms with Crippen LogP contribution in [-0.2, 0) is 4.79 Å². The summed E-state index contributed by atoms with van der Waals surface area (Å²) in [6, 6.07) is 6.39. The Morgan fingerprint density at radius 1 is 1.53 bits per heavy atom. The van der Waals surface area contributed by atoms with Crippen molar-refractivity contribution in [2.75, 3.05) is 11.9 Å². The molecule has 1 saturated carbocycles. The van der Waals surface area contributed by atoms with Gasteiger partial charge in [0.25, 0.3) is 0 Å². The second-order valence-corrected chi connectivity index (χ2v) is 4.95. The number of anilines is 1. The zero-order valence-corrected chi connectivity index (χ0v) is 10.9. The Balaban J connectivity index is 1.92. The van der Waals surface area contributed by atoms with Crippen LogP contribution in [0.1, 0.15) is 19.3 Å². The van der Waals surface area contributed by atoms with Crippen LogP contribution in [0.2, 0.25) is 5.02 Å². The first-order chi connectivity index (χ1) is 9.06. The number of nitrogens with zero attached hydrogens (tertiary/aromatic N) is 1. The fourth-order valence-electron chi connectivity index (χ4n) is 1.94. The van der Waals surface area contributed by atoms with Crippen LogP contribution in [0.3, 0.4) is 0 Å². The van der Waals surface area contributed by atoms with Crippen LogP contribution >= 0.6 is 11.6 Å². The van der Waals surface area contributed by atoms with E-state index in [4.69, 9.17) is 16.9 Å². The summed E-state index contributed by atoms with van der Waals surface area (Å²) in [5, 5.41) is 14.5. The second kappa shape index (κ2) is 5.45. The van der Waals surface area contributed by atoms with Crippen molar-refractivity contribution >= 4 is 23.2 Å². The molecule has 1 fully saturated rings. The number of carbonyl (C=O) groups excluding carboxylic acids is 1. The SMILES string of the molecule is N#CC1(NC(=O)CNc2c(F)cccc2Cl)CCC1. The van der Waals surface area contributed by atoms with Crippen molar-refractivity contribution in [3.05, 3.63) is 29.0 Å². The molecule has 100 valence electrons. The number of benzene rings is 1. The molecular formula is C13H13ClFN3O. The third-order valence-corrected chi connectivity index (χ3v) is 3.50. The fraction of sp³-hybridized carbons (Fsp3) is 0.385. The van der Waals surface area contributed by atoms with Gasteiger partial charge in [0.1, 0.15) is 11.4 Å². The number of nitriles is 1. The van der Waals surface area contributed by atoms with Crippen molar-refractivity contribution in [3.63, 3.8) is 0 Å². The highest BCUT2D eigenvalue weighted by atomic mass is 35.5. The highest BCUT2D eigenvalue weighted by Gasteiger charge is 2.38. The van der Waals surface area contributed by atoms with Gasteiger partial charge in [-0.15, -0.1) is 0 Å². The Morgan fingerprint density at radius 2 is 2.26 bits per heavy atom. The molecule has 2 N–H and O–H groups in total. The average Bonchev–Trinajstić information content (AvgIpc) is 2.33. The van der Waals surface area contributed by atoms with Crippen LogP contribution in [-0.4, -0.2) is 18.0 Å². The number of para-hydroxylation sites is 1. The molecule has 0 aliphatic heterocycles. The van der Waals surface area contributed by atoms with Gasteiger partial charge in [-0.2, -0.15) is 5.26 Å². The van der Waals surface area contributed by atoms with Gasteiger partial charge in [-0.25, -0.2) is 4.39 Å². The standard InChI is InChI=1S/C13H13ClFN3O/c14-9-3-1-4-10(15)12(9)17-7-11(19)18-13(8-16)5-2-6-13/h1,3-4,17H,2,5-7H2,(H,18,19). The lowest BCUT2D eigenvalue weighted by atomic mass is 9.78. The molecule has 0 heterocycles. The lowest BCUT2D eigenvalue weighted by molar-refractivity contribution is -0.121. The van der Waals surface area contributed by atoms with E-state index in [2.05, 4.69) is 16.7 Å². The van der Waals surface area contributed by atoms with Gasteiger partial charge in [0.2, 0.25) is 5.91 Å². The van der Waals surface area contributed by atoms with Gasteiger partial charge >= 0.3 is 0 Å². The van der Waals surface area contributed by atoms with Crippen molar-refractivity contribution in [2.24, 2.45) is 0 Å². The quantitative estimate of drug-likeness (QED) is 0.891. The minimum atomic E-state index is -0.738. The van der Waals surface area contributed by atoms with E-state index in [1.165, 1.54) is 18.2 Å². The maximum absolute atomic E-state index is 13.5. The Hall–Kier alpha value is -1.80. The number of hydrogen-bond donors (Lipinski definition) is 2. The Labute approximate surface area is 115 Å². The third-order valence-electron chi connectivity index (χ3n) is 3.19. The largest absolute Gasteiger partial charge is 0.373 e. The molecule has 4 nitrogen and oxygen atoms in total. The number of halogens is 2. The van der Waals surface area contributed by atoms with E-state index in [1.807, 2.05) is 0 Å². The number of hydrogen-bond acceptors (Lipinski definition) is 3. The van der Waals surface area contributed by atoms with Gasteiger partial charge in [0.05, 0.1) is 23.3 Å². The number of amides is 1. The van der Waals surface area contributed by atoms with Crippen molar-refractivity contribution < 1.29 is 9.18 Å². The molecular weight excluding hydrogens is 269 g/mol. The third kappa shape index (κ3) is 2.96. The summed E-state index contributed by atoms with van der Waals surface area (Å²) < 4.78 is 13.5. The number of carbonyl (C=O) groups is 1. The Kier molecular flexibility index (Phi) is 3.91. The molecule has 1 aliphatic rings. The zero-order chi connectivity index (χ0) is 13.9. The van der Waals surface area contributed by atoms with E-state index < -0.39 is 11.4 Å². The summed E-state index contributed by atoms with van der Waals surface area (Å²) in [5.74, 6) is -0.862. The summed E-state index contributed by atoms with van der Waals surface area (Å²) in [7, 11) is 0. The van der Waals surface area contributed by atoms with Gasteiger partial charge in [-0.3, -0.25) is 4.79 Å². The Morgan fingerprint density at radius 3 is 2.79 bits per heavy atom. The molecule has 0 spiro atoms. The first-order valence-corrected chi connectivity index (χ1v) is 6.34. The van der Waals surface area contributed by atoms with E-state index in [-0.39, 0.29) is 23.2 Å². The van der Waals surface area contributed by atoms with Gasteiger partial charge < -0.3 is 10.6 Å². The van der Waals surface area contributed by atoms with Gasteiger partial charge in [-0.1, -0.05) is 17.7 Å². The molecule has 0 atom stereocenters. The lowest BCUT2D eigenvalue weighted by Crippen LogP contribution is -2.53. The molecule has 0 bridgehead atoms. The zero-order valence-electron chi connectivity index (χ0n) is 10.2. The van der Waals surface area contributed by atoms with Crippen molar-refractivity contribution in [3.8, 4) is 6.07 Å². The van der Waals surface area contributed by atoms with Gasteiger partial charge in [-0.05, 0) is 31.4 Å². The monoisotopic (exact) mass is 281 g/mol. The second-order valence-electron chi connectivity index (χ2n) is 4.55. The van der Waals surface area contributed by atoms with Crippen molar-refractivity contribution in [1.29, 1.82) is 5.26 Å². The highest BCUT2D eigenvalue weighted by molar-refractivity contribution is 6.33. The predicted molar refractivity (Wildman–Crippen MR) is 70.2 cm³/mol. The highest BCUT2D eigenvalue weighted by Crippen LogP contribution is 2.31. The van der Waals surface area contributed by atoms with Crippen LogP contribution in [0, 0.1) is 17.1 Å². The molecule has 0 radical (unpaired) electrons. The first kappa shape index (κ1) is 13.6. The van der Waals surface area contributed by atoms with E-state index >= 15 is 0 Å². The van der Waals surface area contributed by atoms with E-state index in [0.717, 1.165) is 6.42 Å². The lowest BCUT2D eigenvalue weighted by Gasteiger charge is -2.35. The predicted octanol–water partition coefficient (Wildman–Crippen LogP) is 2.45. The van der Waals surface area contributed by atoms with Gasteiger partial charge in [0, 0.05) is 0 Å². The van der Waals surface area contributed by atoms with Crippen LogP contribution in [0.4, 0.5) is 10.1 Å². The molecule has 0 unspecified atom stereocenters. The van der Waals surface area contributed by atoms with E-state index in [1.54, 1.807) is 0 Å². The number of rotatable bonds is 4. The normalized spacial score (nSPS) is 16.1. The van der Waals surface area contributed by atoms with Gasteiger partial charge in [0.15, 0.2) is 0 Å². The molecule has 2 rings (SSSR count).